The minimum atomic E-state index is -0.426. The van der Waals surface area contributed by atoms with Crippen molar-refractivity contribution in [3.8, 4) is 11.5 Å². The molecule has 0 atom stereocenters. The zero-order valence-corrected chi connectivity index (χ0v) is 10.6. The minimum Gasteiger partial charge on any atom is -0.506 e. The van der Waals surface area contributed by atoms with Crippen molar-refractivity contribution in [3.63, 3.8) is 0 Å². The molecular formula is C15H14O4. The Morgan fingerprint density at radius 2 is 2.26 bits per heavy atom. The summed E-state index contributed by atoms with van der Waals surface area (Å²) in [7, 11) is 0. The summed E-state index contributed by atoms with van der Waals surface area (Å²) in [6.07, 6.45) is 4.70. The van der Waals surface area contributed by atoms with Crippen LogP contribution in [0.5, 0.6) is 11.5 Å². The molecule has 0 saturated heterocycles. The predicted molar refractivity (Wildman–Crippen MR) is 71.8 cm³/mol. The van der Waals surface area contributed by atoms with Gasteiger partial charge in [-0.25, -0.2) is 0 Å². The second kappa shape index (κ2) is 5.10. The lowest BCUT2D eigenvalue weighted by molar-refractivity contribution is 0.0933. The molecule has 0 aliphatic carbocycles. The SMILES string of the molecule is C=CC(=O)c1cc2c(c(C=CC)c1O)OCCC2=O. The van der Waals surface area contributed by atoms with Crippen molar-refractivity contribution >= 4 is 17.6 Å². The number of allylic oxidation sites excluding steroid dienone is 2. The molecule has 0 radical (unpaired) electrons. The standard InChI is InChI=1S/C15H14O4/c1-3-5-9-14(18)10(12(16)4-2)8-11-13(17)6-7-19-15(9)11/h3-5,8,18H,2,6-7H2,1H3. The highest BCUT2D eigenvalue weighted by molar-refractivity contribution is 6.10. The largest absolute Gasteiger partial charge is 0.506 e. The Bertz CT molecular complexity index is 597. The first-order valence-corrected chi connectivity index (χ1v) is 5.95. The maximum atomic E-state index is 11.9. The van der Waals surface area contributed by atoms with Gasteiger partial charge in [0.1, 0.15) is 11.5 Å². The lowest BCUT2D eigenvalue weighted by Gasteiger charge is -2.20. The fourth-order valence-corrected chi connectivity index (χ4v) is 2.04. The van der Waals surface area contributed by atoms with Crippen LogP contribution in [-0.4, -0.2) is 23.3 Å². The summed E-state index contributed by atoms with van der Waals surface area (Å²) in [5.41, 5.74) is 0.765. The molecule has 0 fully saturated rings. The average molecular weight is 258 g/mol. The molecule has 0 saturated carbocycles. The number of hydrogen-bond donors (Lipinski definition) is 1. The number of carbonyl (C=O) groups is 2. The lowest BCUT2D eigenvalue weighted by Crippen LogP contribution is -2.17. The molecule has 0 aromatic heterocycles. The van der Waals surface area contributed by atoms with Crippen LogP contribution < -0.4 is 4.74 Å². The van der Waals surface area contributed by atoms with Gasteiger partial charge in [0.15, 0.2) is 11.6 Å². The summed E-state index contributed by atoms with van der Waals surface area (Å²) < 4.78 is 5.46. The minimum absolute atomic E-state index is 0.0701. The van der Waals surface area contributed by atoms with Gasteiger partial charge < -0.3 is 9.84 Å². The van der Waals surface area contributed by atoms with Gasteiger partial charge in [0, 0.05) is 6.42 Å². The molecule has 98 valence electrons. The Morgan fingerprint density at radius 3 is 2.89 bits per heavy atom. The van der Waals surface area contributed by atoms with E-state index in [0.29, 0.717) is 16.9 Å². The van der Waals surface area contributed by atoms with Gasteiger partial charge in [-0.05, 0) is 19.1 Å². The monoisotopic (exact) mass is 258 g/mol. The van der Waals surface area contributed by atoms with E-state index in [9.17, 15) is 14.7 Å². The van der Waals surface area contributed by atoms with E-state index in [1.165, 1.54) is 6.07 Å². The second-order valence-corrected chi connectivity index (χ2v) is 4.15. The molecule has 4 nitrogen and oxygen atoms in total. The number of ketones is 2. The maximum Gasteiger partial charge on any atom is 0.189 e. The van der Waals surface area contributed by atoms with Crippen LogP contribution in [0.25, 0.3) is 6.08 Å². The number of rotatable bonds is 3. The summed E-state index contributed by atoms with van der Waals surface area (Å²) in [5.74, 6) is -0.363. The van der Waals surface area contributed by atoms with Gasteiger partial charge in [-0.2, -0.15) is 0 Å². The molecule has 1 aliphatic heterocycles. The summed E-state index contributed by atoms with van der Waals surface area (Å²) in [6.45, 7) is 5.45. The molecule has 19 heavy (non-hydrogen) atoms. The molecule has 2 rings (SSSR count). The third-order valence-electron chi connectivity index (χ3n) is 2.95. The molecule has 1 N–H and O–H groups in total. The Balaban J connectivity index is 2.77. The first-order chi connectivity index (χ1) is 9.10. The molecule has 0 bridgehead atoms. The van der Waals surface area contributed by atoms with Crippen LogP contribution in [-0.2, 0) is 0 Å². The number of phenols is 1. The molecule has 1 aromatic carbocycles. The summed E-state index contributed by atoms with van der Waals surface area (Å²) in [5, 5.41) is 10.2. The van der Waals surface area contributed by atoms with Gasteiger partial charge in [-0.3, -0.25) is 9.59 Å². The Kier molecular flexibility index (Phi) is 3.51. The highest BCUT2D eigenvalue weighted by Gasteiger charge is 2.26. The topological polar surface area (TPSA) is 63.6 Å². The summed E-state index contributed by atoms with van der Waals surface area (Å²) in [4.78, 5) is 23.6. The highest BCUT2D eigenvalue weighted by Crippen LogP contribution is 2.39. The lowest BCUT2D eigenvalue weighted by atomic mass is 9.94. The third-order valence-corrected chi connectivity index (χ3v) is 2.95. The number of Topliss-reactive ketones (excluding diaryl/α,β-unsaturated/α-hetero) is 1. The van der Waals surface area contributed by atoms with Crippen LogP contribution in [0.2, 0.25) is 0 Å². The summed E-state index contributed by atoms with van der Waals surface area (Å²) in [6, 6.07) is 1.38. The van der Waals surface area contributed by atoms with Gasteiger partial charge in [0.25, 0.3) is 0 Å². The molecule has 0 amide bonds. The number of ether oxygens (including phenoxy) is 1. The van der Waals surface area contributed by atoms with E-state index in [2.05, 4.69) is 6.58 Å². The number of phenolic OH excluding ortho intramolecular Hbond substituents is 1. The van der Waals surface area contributed by atoms with Crippen molar-refractivity contribution in [2.24, 2.45) is 0 Å². The van der Waals surface area contributed by atoms with E-state index in [-0.39, 0.29) is 30.1 Å². The van der Waals surface area contributed by atoms with Crippen molar-refractivity contribution < 1.29 is 19.4 Å². The van der Waals surface area contributed by atoms with E-state index in [1.807, 2.05) is 0 Å². The normalized spacial score (nSPS) is 14.1. The Morgan fingerprint density at radius 1 is 1.53 bits per heavy atom. The van der Waals surface area contributed by atoms with Crippen molar-refractivity contribution in [3.05, 3.63) is 41.5 Å². The third kappa shape index (κ3) is 2.17. The zero-order valence-electron chi connectivity index (χ0n) is 10.6. The van der Waals surface area contributed by atoms with Crippen LogP contribution in [0.4, 0.5) is 0 Å². The zero-order chi connectivity index (χ0) is 14.0. The van der Waals surface area contributed by atoms with Crippen LogP contribution in [0.1, 0.15) is 39.6 Å². The van der Waals surface area contributed by atoms with E-state index < -0.39 is 5.78 Å². The molecular weight excluding hydrogens is 244 g/mol. The van der Waals surface area contributed by atoms with Gasteiger partial charge in [-0.1, -0.05) is 18.7 Å². The number of fused-ring (bicyclic) bond motifs is 1. The van der Waals surface area contributed by atoms with Crippen LogP contribution >= 0.6 is 0 Å². The summed E-state index contributed by atoms with van der Waals surface area (Å²) >= 11 is 0. The smallest absolute Gasteiger partial charge is 0.189 e. The average Bonchev–Trinajstić information content (AvgIpc) is 2.41. The molecule has 1 aromatic rings. The Hall–Kier alpha value is -2.36. The van der Waals surface area contributed by atoms with Crippen LogP contribution in [0.15, 0.2) is 24.8 Å². The van der Waals surface area contributed by atoms with E-state index in [1.54, 1.807) is 19.1 Å². The predicted octanol–water partition coefficient (Wildman–Crippen LogP) is 2.76. The first kappa shape index (κ1) is 13.1. The van der Waals surface area contributed by atoms with Gasteiger partial charge in [0.05, 0.1) is 23.3 Å². The van der Waals surface area contributed by atoms with Crippen molar-refractivity contribution in [1.29, 1.82) is 0 Å². The van der Waals surface area contributed by atoms with Crippen LogP contribution in [0.3, 0.4) is 0 Å². The molecule has 4 heteroatoms. The molecule has 0 spiro atoms. The first-order valence-electron chi connectivity index (χ1n) is 5.95. The van der Waals surface area contributed by atoms with Crippen LogP contribution in [0, 0.1) is 0 Å². The van der Waals surface area contributed by atoms with Crippen molar-refractivity contribution in [2.75, 3.05) is 6.61 Å². The van der Waals surface area contributed by atoms with E-state index in [0.717, 1.165) is 6.08 Å². The van der Waals surface area contributed by atoms with E-state index in [4.69, 9.17) is 4.74 Å². The number of aromatic hydroxyl groups is 1. The highest BCUT2D eigenvalue weighted by atomic mass is 16.5. The van der Waals surface area contributed by atoms with Gasteiger partial charge >= 0.3 is 0 Å². The van der Waals surface area contributed by atoms with Crippen molar-refractivity contribution in [1.82, 2.24) is 0 Å². The second-order valence-electron chi connectivity index (χ2n) is 4.15. The van der Waals surface area contributed by atoms with Crippen molar-refractivity contribution in [2.45, 2.75) is 13.3 Å². The number of carbonyl (C=O) groups excluding carboxylic acids is 2. The van der Waals surface area contributed by atoms with Gasteiger partial charge in [-0.15, -0.1) is 0 Å². The quantitative estimate of drug-likeness (QED) is 0.668. The fourth-order valence-electron chi connectivity index (χ4n) is 2.04. The maximum absolute atomic E-state index is 11.9. The van der Waals surface area contributed by atoms with E-state index >= 15 is 0 Å². The fraction of sp³-hybridized carbons (Fsp3) is 0.200. The molecule has 1 heterocycles. The molecule has 1 aliphatic rings. The number of benzene rings is 1. The number of hydrogen-bond acceptors (Lipinski definition) is 4. The van der Waals surface area contributed by atoms with Gasteiger partial charge in [0.2, 0.25) is 0 Å². The molecule has 0 unspecified atom stereocenters. The Labute approximate surface area is 111 Å².